The molecule has 8 heteroatoms. The Bertz CT molecular complexity index is 680. The number of nitrogen functional groups attached to an aromatic ring is 1. The molecule has 0 radical (unpaired) electrons. The minimum Gasteiger partial charge on any atom is -0.397 e. The quantitative estimate of drug-likeness (QED) is 0.576. The third kappa shape index (κ3) is 1.68. The Morgan fingerprint density at radius 2 is 2.11 bits per heavy atom. The first-order chi connectivity index (χ1) is 9.08. The second-order valence-electron chi connectivity index (χ2n) is 4.36. The number of rotatable bonds is 2. The van der Waals surface area contributed by atoms with Crippen molar-refractivity contribution in [3.63, 3.8) is 0 Å². The van der Waals surface area contributed by atoms with Gasteiger partial charge in [-0.3, -0.25) is 14.5 Å². The maximum absolute atomic E-state index is 11.8. The smallest absolute Gasteiger partial charge is 0.251 e. The molecule has 1 aromatic heterocycles. The van der Waals surface area contributed by atoms with Gasteiger partial charge in [-0.2, -0.15) is 0 Å². The van der Waals surface area contributed by atoms with E-state index in [4.69, 9.17) is 5.73 Å². The summed E-state index contributed by atoms with van der Waals surface area (Å²) < 4.78 is 4.64. The van der Waals surface area contributed by atoms with Gasteiger partial charge in [-0.25, -0.2) is 4.63 Å². The lowest BCUT2D eigenvalue weighted by Crippen LogP contribution is -2.31. The van der Waals surface area contributed by atoms with Gasteiger partial charge >= 0.3 is 0 Å². The Labute approximate surface area is 107 Å². The van der Waals surface area contributed by atoms with Crippen LogP contribution in [-0.4, -0.2) is 40.1 Å². The molecule has 98 valence electrons. The molecule has 0 aliphatic carbocycles. The lowest BCUT2D eigenvalue weighted by Gasteiger charge is -2.12. The van der Waals surface area contributed by atoms with E-state index in [9.17, 15) is 9.59 Å². The van der Waals surface area contributed by atoms with Crippen molar-refractivity contribution in [2.24, 2.45) is 0 Å². The fraction of sp³-hybridized carbons (Fsp3) is 0.273. The van der Waals surface area contributed by atoms with Crippen LogP contribution in [0.3, 0.4) is 0 Å². The summed E-state index contributed by atoms with van der Waals surface area (Å²) in [6, 6.07) is 2.72. The molecule has 1 aromatic carbocycles. The van der Waals surface area contributed by atoms with E-state index in [1.54, 1.807) is 12.1 Å². The maximum Gasteiger partial charge on any atom is 0.251 e. The summed E-state index contributed by atoms with van der Waals surface area (Å²) in [5, 5.41) is 10.4. The molecule has 0 bridgehead atoms. The number of carbonyl (C=O) groups is 2. The molecule has 1 fully saturated rings. The van der Waals surface area contributed by atoms with Crippen molar-refractivity contribution in [1.82, 2.24) is 15.2 Å². The first kappa shape index (κ1) is 11.5. The van der Waals surface area contributed by atoms with Gasteiger partial charge in [0.2, 0.25) is 5.91 Å². The number of anilines is 2. The predicted octanol–water partition coefficient (Wildman–Crippen LogP) is -0.0258. The molecule has 2 aromatic rings. The number of likely N-dealkylation sites (tertiary alicyclic amines) is 1. The number of hydrogen-bond acceptors (Lipinski definition) is 7. The molecule has 1 aliphatic rings. The third-order valence-corrected chi connectivity index (χ3v) is 3.16. The van der Waals surface area contributed by atoms with Crippen LogP contribution in [0.5, 0.6) is 0 Å². The lowest BCUT2D eigenvalue weighted by molar-refractivity contribution is -0.136. The standard InChI is InChI=1S/C11H11N5O3/c1-16-8(17)4-7(11(16)18)13-6-3-2-5(12)9-10(6)15-19-14-9/h2-3,7,13H,4,12H2,1H3. The van der Waals surface area contributed by atoms with Crippen molar-refractivity contribution in [2.45, 2.75) is 12.5 Å². The van der Waals surface area contributed by atoms with Gasteiger partial charge in [-0.15, -0.1) is 0 Å². The predicted molar refractivity (Wildman–Crippen MR) is 66.0 cm³/mol. The molecule has 2 heterocycles. The van der Waals surface area contributed by atoms with Crippen molar-refractivity contribution >= 4 is 34.2 Å². The van der Waals surface area contributed by atoms with Crippen LogP contribution in [0.25, 0.3) is 11.0 Å². The number of nitrogens with zero attached hydrogens (tertiary/aromatic N) is 3. The molecule has 8 nitrogen and oxygen atoms in total. The SMILES string of the molecule is CN1C(=O)CC(Nc2ccc(N)c3nonc23)C1=O. The summed E-state index contributed by atoms with van der Waals surface area (Å²) in [5.41, 5.74) is 7.59. The molecule has 1 atom stereocenters. The van der Waals surface area contributed by atoms with Gasteiger partial charge in [-0.05, 0) is 22.4 Å². The first-order valence-corrected chi connectivity index (χ1v) is 5.65. The van der Waals surface area contributed by atoms with E-state index in [0.29, 0.717) is 22.4 Å². The van der Waals surface area contributed by atoms with Crippen molar-refractivity contribution < 1.29 is 14.2 Å². The second-order valence-corrected chi connectivity index (χ2v) is 4.36. The molecule has 0 saturated carbocycles. The molecule has 0 spiro atoms. The van der Waals surface area contributed by atoms with E-state index in [1.807, 2.05) is 0 Å². The van der Waals surface area contributed by atoms with E-state index in [0.717, 1.165) is 4.90 Å². The van der Waals surface area contributed by atoms with Crippen molar-refractivity contribution in [3.05, 3.63) is 12.1 Å². The Morgan fingerprint density at radius 3 is 2.79 bits per heavy atom. The molecule has 3 N–H and O–H groups in total. The fourth-order valence-corrected chi connectivity index (χ4v) is 2.06. The average Bonchev–Trinajstić information content (AvgIpc) is 2.96. The van der Waals surface area contributed by atoms with Crippen LogP contribution in [0, 0.1) is 0 Å². The molecule has 1 saturated heterocycles. The minimum atomic E-state index is -0.596. The molecule has 2 amide bonds. The van der Waals surface area contributed by atoms with Gasteiger partial charge < -0.3 is 11.1 Å². The van der Waals surface area contributed by atoms with Crippen LogP contribution in [0.15, 0.2) is 16.8 Å². The minimum absolute atomic E-state index is 0.118. The molecule has 19 heavy (non-hydrogen) atoms. The highest BCUT2D eigenvalue weighted by atomic mass is 16.6. The summed E-state index contributed by atoms with van der Waals surface area (Å²) in [5.74, 6) is -0.487. The van der Waals surface area contributed by atoms with Crippen LogP contribution in [0.1, 0.15) is 6.42 Å². The normalized spacial score (nSPS) is 19.4. The van der Waals surface area contributed by atoms with E-state index in [2.05, 4.69) is 20.3 Å². The van der Waals surface area contributed by atoms with Gasteiger partial charge in [-0.1, -0.05) is 0 Å². The molecule has 1 unspecified atom stereocenters. The van der Waals surface area contributed by atoms with E-state index >= 15 is 0 Å². The second kappa shape index (κ2) is 3.94. The van der Waals surface area contributed by atoms with Gasteiger partial charge in [0.05, 0.1) is 17.8 Å². The number of likely N-dealkylation sites (N-methyl/N-ethyl adjacent to an activating group) is 1. The highest BCUT2D eigenvalue weighted by Gasteiger charge is 2.36. The largest absolute Gasteiger partial charge is 0.397 e. The summed E-state index contributed by atoms with van der Waals surface area (Å²) >= 11 is 0. The number of hydrogen-bond donors (Lipinski definition) is 2. The third-order valence-electron chi connectivity index (χ3n) is 3.16. The Balaban J connectivity index is 1.94. The van der Waals surface area contributed by atoms with Gasteiger partial charge in [0.25, 0.3) is 5.91 Å². The van der Waals surface area contributed by atoms with Crippen molar-refractivity contribution in [2.75, 3.05) is 18.1 Å². The molecule has 1 aliphatic heterocycles. The summed E-state index contributed by atoms with van der Waals surface area (Å²) in [6.45, 7) is 0. The van der Waals surface area contributed by atoms with E-state index in [-0.39, 0.29) is 18.2 Å². The zero-order chi connectivity index (χ0) is 13.6. The monoisotopic (exact) mass is 261 g/mol. The zero-order valence-corrected chi connectivity index (χ0v) is 10.1. The fourth-order valence-electron chi connectivity index (χ4n) is 2.06. The number of nitrogens with two attached hydrogens (primary N) is 1. The highest BCUT2D eigenvalue weighted by Crippen LogP contribution is 2.27. The maximum atomic E-state index is 11.8. The van der Waals surface area contributed by atoms with Gasteiger partial charge in [0.1, 0.15) is 6.04 Å². The van der Waals surface area contributed by atoms with Crippen LogP contribution in [-0.2, 0) is 9.59 Å². The first-order valence-electron chi connectivity index (χ1n) is 5.65. The van der Waals surface area contributed by atoms with Crippen LogP contribution in [0.4, 0.5) is 11.4 Å². The topological polar surface area (TPSA) is 114 Å². The summed E-state index contributed by atoms with van der Waals surface area (Å²) in [4.78, 5) is 24.4. The molecular weight excluding hydrogens is 250 g/mol. The number of nitrogens with one attached hydrogen (secondary N) is 1. The van der Waals surface area contributed by atoms with E-state index in [1.165, 1.54) is 7.05 Å². The lowest BCUT2D eigenvalue weighted by atomic mass is 10.2. The van der Waals surface area contributed by atoms with Gasteiger partial charge in [0, 0.05) is 7.05 Å². The average molecular weight is 261 g/mol. The summed E-state index contributed by atoms with van der Waals surface area (Å²) in [6.07, 6.45) is 0.118. The Kier molecular flexibility index (Phi) is 2.37. The highest BCUT2D eigenvalue weighted by molar-refractivity contribution is 6.07. The van der Waals surface area contributed by atoms with Crippen LogP contribution >= 0.6 is 0 Å². The number of benzene rings is 1. The number of fused-ring (bicyclic) bond motifs is 1. The Hall–Kier alpha value is -2.64. The van der Waals surface area contributed by atoms with Crippen LogP contribution in [0.2, 0.25) is 0 Å². The van der Waals surface area contributed by atoms with Gasteiger partial charge in [0.15, 0.2) is 11.0 Å². The Morgan fingerprint density at radius 1 is 1.37 bits per heavy atom. The number of carbonyl (C=O) groups excluding carboxylic acids is 2. The van der Waals surface area contributed by atoms with Crippen molar-refractivity contribution in [1.29, 1.82) is 0 Å². The number of imide groups is 1. The zero-order valence-electron chi connectivity index (χ0n) is 10.1. The van der Waals surface area contributed by atoms with Crippen molar-refractivity contribution in [3.8, 4) is 0 Å². The molecular formula is C11H11N5O3. The summed E-state index contributed by atoms with van der Waals surface area (Å²) in [7, 11) is 1.46. The molecule has 3 rings (SSSR count). The van der Waals surface area contributed by atoms with E-state index < -0.39 is 6.04 Å². The number of aromatic nitrogens is 2. The van der Waals surface area contributed by atoms with Crippen LogP contribution < -0.4 is 11.1 Å². The number of amides is 2.